The Hall–Kier alpha value is -1.95. The number of nitrogens with one attached hydrogen (secondary N) is 1. The molecule has 0 radical (unpaired) electrons. The first-order chi connectivity index (χ1) is 14.1. The van der Waals surface area contributed by atoms with E-state index in [1.807, 2.05) is 0 Å². The van der Waals surface area contributed by atoms with Crippen molar-refractivity contribution in [3.63, 3.8) is 0 Å². The van der Waals surface area contributed by atoms with Crippen LogP contribution in [-0.2, 0) is 42.9 Å². The SMILES string of the molecule is CC(=O)N[C@H]1[C@H](OCCCCCN)O[C@H](COC(C)=O)[C@H](OC(C)=O)[C@@H]1OC(C)=O.Cl. The molecule has 3 N–H and O–H groups in total. The summed E-state index contributed by atoms with van der Waals surface area (Å²) in [5.74, 6) is -2.29. The molecule has 1 amide bonds. The number of hydrogen-bond donors (Lipinski definition) is 2. The number of esters is 3. The number of halogens is 1. The van der Waals surface area contributed by atoms with E-state index < -0.39 is 54.5 Å². The smallest absolute Gasteiger partial charge is 0.303 e. The Morgan fingerprint density at radius 1 is 0.903 bits per heavy atom. The Balaban J connectivity index is 0.00000900. The van der Waals surface area contributed by atoms with Gasteiger partial charge in [0.05, 0.1) is 0 Å². The summed E-state index contributed by atoms with van der Waals surface area (Å²) >= 11 is 0. The molecule has 5 atom stereocenters. The summed E-state index contributed by atoms with van der Waals surface area (Å²) < 4.78 is 27.4. The van der Waals surface area contributed by atoms with Gasteiger partial charge >= 0.3 is 17.9 Å². The van der Waals surface area contributed by atoms with Crippen LogP contribution in [0.1, 0.15) is 47.0 Å². The van der Waals surface area contributed by atoms with Gasteiger partial charge in [0.1, 0.15) is 18.8 Å². The Labute approximate surface area is 188 Å². The second kappa shape index (κ2) is 15.0. The third-order valence-electron chi connectivity index (χ3n) is 4.20. The van der Waals surface area contributed by atoms with Crippen molar-refractivity contribution in [3.8, 4) is 0 Å². The molecular formula is C19H33ClN2O9. The summed E-state index contributed by atoms with van der Waals surface area (Å²) in [6, 6.07) is -0.946. The Morgan fingerprint density at radius 2 is 1.52 bits per heavy atom. The first-order valence-corrected chi connectivity index (χ1v) is 9.87. The summed E-state index contributed by atoms with van der Waals surface area (Å²) in [6.07, 6.45) is -1.86. The third kappa shape index (κ3) is 10.8. The van der Waals surface area contributed by atoms with Crippen LogP contribution in [0.5, 0.6) is 0 Å². The van der Waals surface area contributed by atoms with Gasteiger partial charge in [-0.2, -0.15) is 0 Å². The molecule has 31 heavy (non-hydrogen) atoms. The van der Waals surface area contributed by atoms with Crippen LogP contribution in [0.2, 0.25) is 0 Å². The number of nitrogens with two attached hydrogens (primary N) is 1. The molecule has 0 aromatic carbocycles. The maximum Gasteiger partial charge on any atom is 0.303 e. The summed E-state index contributed by atoms with van der Waals surface area (Å²) in [4.78, 5) is 46.4. The summed E-state index contributed by atoms with van der Waals surface area (Å²) in [6.45, 7) is 5.48. The average molecular weight is 469 g/mol. The van der Waals surface area contributed by atoms with Gasteiger partial charge in [-0.3, -0.25) is 19.2 Å². The van der Waals surface area contributed by atoms with Crippen molar-refractivity contribution < 1.29 is 42.9 Å². The highest BCUT2D eigenvalue weighted by Gasteiger charge is 2.51. The molecule has 1 rings (SSSR count). The van der Waals surface area contributed by atoms with Gasteiger partial charge in [-0.25, -0.2) is 0 Å². The van der Waals surface area contributed by atoms with Crippen molar-refractivity contribution in [2.75, 3.05) is 19.8 Å². The fraction of sp³-hybridized carbons (Fsp3) is 0.789. The van der Waals surface area contributed by atoms with Crippen LogP contribution in [0.3, 0.4) is 0 Å². The maximum atomic E-state index is 11.8. The Kier molecular flexibility index (Phi) is 14.0. The summed E-state index contributed by atoms with van der Waals surface area (Å²) in [7, 11) is 0. The molecule has 0 aliphatic carbocycles. The van der Waals surface area contributed by atoms with E-state index in [2.05, 4.69) is 5.32 Å². The molecular weight excluding hydrogens is 436 g/mol. The number of amides is 1. The zero-order chi connectivity index (χ0) is 22.7. The van der Waals surface area contributed by atoms with Crippen molar-refractivity contribution in [1.29, 1.82) is 0 Å². The number of unbranched alkanes of at least 4 members (excludes halogenated alkanes) is 2. The highest BCUT2D eigenvalue weighted by Crippen LogP contribution is 2.28. The minimum absolute atomic E-state index is 0. The van der Waals surface area contributed by atoms with Crippen LogP contribution < -0.4 is 11.1 Å². The zero-order valence-corrected chi connectivity index (χ0v) is 19.1. The fourth-order valence-corrected chi connectivity index (χ4v) is 3.06. The zero-order valence-electron chi connectivity index (χ0n) is 18.3. The second-order valence-corrected chi connectivity index (χ2v) is 6.94. The third-order valence-corrected chi connectivity index (χ3v) is 4.20. The van der Waals surface area contributed by atoms with E-state index in [1.54, 1.807) is 0 Å². The van der Waals surface area contributed by atoms with Crippen LogP contribution in [0.15, 0.2) is 0 Å². The first kappa shape index (κ1) is 29.1. The van der Waals surface area contributed by atoms with E-state index in [4.69, 9.17) is 29.4 Å². The molecule has 11 nitrogen and oxygen atoms in total. The van der Waals surface area contributed by atoms with Gasteiger partial charge in [0, 0.05) is 34.3 Å². The molecule has 12 heteroatoms. The highest BCUT2D eigenvalue weighted by molar-refractivity contribution is 5.85. The molecule has 1 heterocycles. The van der Waals surface area contributed by atoms with Crippen molar-refractivity contribution in [2.24, 2.45) is 5.73 Å². The number of carbonyl (C=O) groups is 4. The molecule has 1 aliphatic heterocycles. The predicted octanol–water partition coefficient (Wildman–Crippen LogP) is 0.210. The lowest BCUT2D eigenvalue weighted by molar-refractivity contribution is -0.277. The first-order valence-electron chi connectivity index (χ1n) is 9.87. The molecule has 1 aliphatic rings. The van der Waals surface area contributed by atoms with E-state index in [0.717, 1.165) is 12.8 Å². The number of rotatable bonds is 11. The van der Waals surface area contributed by atoms with Gasteiger partial charge in [-0.05, 0) is 25.8 Å². The minimum atomic E-state index is -1.13. The van der Waals surface area contributed by atoms with Gasteiger partial charge in [0.2, 0.25) is 5.91 Å². The van der Waals surface area contributed by atoms with Gasteiger partial charge in [-0.15, -0.1) is 12.4 Å². The Bertz CT molecular complexity index is 605. The van der Waals surface area contributed by atoms with Crippen LogP contribution >= 0.6 is 12.4 Å². The molecule has 0 aromatic rings. The predicted molar refractivity (Wildman–Crippen MR) is 110 cm³/mol. The normalized spacial score (nSPS) is 25.0. The minimum Gasteiger partial charge on any atom is -0.463 e. The van der Waals surface area contributed by atoms with E-state index in [9.17, 15) is 19.2 Å². The van der Waals surface area contributed by atoms with Gasteiger partial charge in [0.15, 0.2) is 18.5 Å². The molecule has 1 fully saturated rings. The number of carbonyl (C=O) groups excluding carboxylic acids is 4. The van der Waals surface area contributed by atoms with Crippen LogP contribution in [-0.4, -0.2) is 74.2 Å². The lowest BCUT2D eigenvalue weighted by atomic mass is 9.96. The van der Waals surface area contributed by atoms with Crippen LogP contribution in [0.25, 0.3) is 0 Å². The maximum absolute atomic E-state index is 11.8. The van der Waals surface area contributed by atoms with E-state index >= 15 is 0 Å². The largest absolute Gasteiger partial charge is 0.463 e. The van der Waals surface area contributed by atoms with Crippen LogP contribution in [0, 0.1) is 0 Å². The monoisotopic (exact) mass is 468 g/mol. The molecule has 0 spiro atoms. The molecule has 180 valence electrons. The summed E-state index contributed by atoms with van der Waals surface area (Å²) in [5.41, 5.74) is 5.48. The molecule has 0 saturated carbocycles. The van der Waals surface area contributed by atoms with Crippen molar-refractivity contribution in [2.45, 2.75) is 77.6 Å². The number of hydrogen-bond acceptors (Lipinski definition) is 10. The van der Waals surface area contributed by atoms with Crippen molar-refractivity contribution in [3.05, 3.63) is 0 Å². The summed E-state index contributed by atoms with van der Waals surface area (Å²) in [5, 5.41) is 2.64. The quantitative estimate of drug-likeness (QED) is 0.244. The second-order valence-electron chi connectivity index (χ2n) is 6.94. The standard InChI is InChI=1S/C19H32N2O9.ClH/c1-11(22)21-16-18(29-14(4)25)17(28-13(3)24)15(10-27-12(2)23)30-19(16)26-9-7-5-6-8-20;/h15-19H,5-10,20H2,1-4H3,(H,21,22);1H/t15-,16-,17+,18-,19-;/m1./s1. The van der Waals surface area contributed by atoms with Gasteiger partial charge < -0.3 is 34.7 Å². The molecule has 0 bridgehead atoms. The van der Waals surface area contributed by atoms with E-state index in [1.165, 1.54) is 27.7 Å². The van der Waals surface area contributed by atoms with E-state index in [0.29, 0.717) is 19.6 Å². The molecule has 1 saturated heterocycles. The van der Waals surface area contributed by atoms with Crippen molar-refractivity contribution in [1.82, 2.24) is 5.32 Å². The fourth-order valence-electron chi connectivity index (χ4n) is 3.06. The topological polar surface area (TPSA) is 152 Å². The van der Waals surface area contributed by atoms with Gasteiger partial charge in [0.25, 0.3) is 0 Å². The lowest BCUT2D eigenvalue weighted by Gasteiger charge is -2.44. The van der Waals surface area contributed by atoms with Gasteiger partial charge in [-0.1, -0.05) is 0 Å². The van der Waals surface area contributed by atoms with Crippen molar-refractivity contribution >= 4 is 36.2 Å². The average Bonchev–Trinajstić information content (AvgIpc) is 2.63. The Morgan fingerprint density at radius 3 is 2.03 bits per heavy atom. The van der Waals surface area contributed by atoms with E-state index in [-0.39, 0.29) is 19.0 Å². The number of ether oxygens (including phenoxy) is 5. The molecule has 0 aromatic heterocycles. The lowest BCUT2D eigenvalue weighted by Crippen LogP contribution is -2.66. The molecule has 0 unspecified atom stereocenters. The highest BCUT2D eigenvalue weighted by atomic mass is 35.5. The van der Waals surface area contributed by atoms with Crippen LogP contribution in [0.4, 0.5) is 0 Å².